The normalized spacial score (nSPS) is 11.1. The highest BCUT2D eigenvalue weighted by Gasteiger charge is 2.10. The minimum absolute atomic E-state index is 0.0545. The number of fused-ring (bicyclic) bond motifs is 1. The number of nitrogens with one attached hydrogen (secondary N) is 1. The Kier molecular flexibility index (Phi) is 3.35. The van der Waals surface area contributed by atoms with Crippen LogP contribution < -0.4 is 11.3 Å². The van der Waals surface area contributed by atoms with Crippen molar-refractivity contribution in [3.05, 3.63) is 16.7 Å². The van der Waals surface area contributed by atoms with Crippen molar-refractivity contribution in [3.8, 4) is 0 Å². The van der Waals surface area contributed by atoms with Gasteiger partial charge in [-0.1, -0.05) is 0 Å². The number of hydrogen-bond acceptors (Lipinski definition) is 6. The predicted octanol–water partition coefficient (Wildman–Crippen LogP) is -1.29. The number of nitrogens with two attached hydrogens (primary N) is 1. The molecule has 8 heteroatoms. The molecule has 0 aliphatic carbocycles. The summed E-state index contributed by atoms with van der Waals surface area (Å²) in [5.74, 6) is 0.111. The van der Waals surface area contributed by atoms with Crippen LogP contribution in [0.3, 0.4) is 0 Å². The Morgan fingerprint density at radius 1 is 1.53 bits per heavy atom. The lowest BCUT2D eigenvalue weighted by atomic mass is 10.5. The lowest BCUT2D eigenvalue weighted by Crippen LogP contribution is -2.26. The predicted molar refractivity (Wildman–Crippen MR) is 60.5 cm³/mol. The number of nitrogens with zero attached hydrogens (tertiary/aromatic N) is 3. The number of ether oxygens (including phenoxy) is 1. The maximum atomic E-state index is 11.9. The first kappa shape index (κ1) is 11.6. The van der Waals surface area contributed by atoms with Crippen molar-refractivity contribution >= 4 is 17.1 Å². The number of aromatic nitrogens is 4. The molecule has 2 heterocycles. The van der Waals surface area contributed by atoms with Crippen LogP contribution in [0.5, 0.6) is 0 Å². The minimum Gasteiger partial charge on any atom is -0.394 e. The second kappa shape index (κ2) is 4.93. The standard InChI is InChI=1S/C9H13N5O3/c10-9-13-7-6(11-5-12-7)8(16)14(9)1-3-17-4-2-15/h5,15H,1-4H2,(H2,10,13)(H,11,12). The van der Waals surface area contributed by atoms with E-state index in [9.17, 15) is 4.79 Å². The van der Waals surface area contributed by atoms with Crippen LogP contribution in [-0.2, 0) is 11.3 Å². The molecule has 0 radical (unpaired) electrons. The third kappa shape index (κ3) is 2.27. The van der Waals surface area contributed by atoms with E-state index in [4.69, 9.17) is 15.6 Å². The van der Waals surface area contributed by atoms with Gasteiger partial charge in [0.15, 0.2) is 11.2 Å². The van der Waals surface area contributed by atoms with Gasteiger partial charge in [-0.25, -0.2) is 4.98 Å². The van der Waals surface area contributed by atoms with Gasteiger partial charge in [0.25, 0.3) is 5.56 Å². The molecule has 0 saturated heterocycles. The van der Waals surface area contributed by atoms with Gasteiger partial charge in [-0.3, -0.25) is 9.36 Å². The molecule has 2 aromatic heterocycles. The molecule has 0 aliphatic rings. The Labute approximate surface area is 96.1 Å². The van der Waals surface area contributed by atoms with Gasteiger partial charge in [0.2, 0.25) is 5.95 Å². The monoisotopic (exact) mass is 239 g/mol. The van der Waals surface area contributed by atoms with E-state index in [0.29, 0.717) is 5.65 Å². The zero-order valence-electron chi connectivity index (χ0n) is 9.09. The first-order valence-corrected chi connectivity index (χ1v) is 5.12. The molecule has 17 heavy (non-hydrogen) atoms. The van der Waals surface area contributed by atoms with Crippen molar-refractivity contribution in [2.24, 2.45) is 0 Å². The van der Waals surface area contributed by atoms with Crippen molar-refractivity contribution in [2.45, 2.75) is 6.54 Å². The molecule has 0 aromatic carbocycles. The van der Waals surface area contributed by atoms with Gasteiger partial charge in [0.1, 0.15) is 0 Å². The number of rotatable bonds is 5. The summed E-state index contributed by atoms with van der Waals surface area (Å²) in [6.45, 7) is 0.733. The third-order valence-electron chi connectivity index (χ3n) is 2.26. The fourth-order valence-corrected chi connectivity index (χ4v) is 1.47. The Morgan fingerprint density at radius 2 is 2.35 bits per heavy atom. The number of H-pyrrole nitrogens is 1. The molecule has 0 saturated carbocycles. The number of aliphatic hydroxyl groups excluding tert-OH is 1. The van der Waals surface area contributed by atoms with Gasteiger partial charge < -0.3 is 20.6 Å². The van der Waals surface area contributed by atoms with Gasteiger partial charge in [-0.05, 0) is 0 Å². The summed E-state index contributed by atoms with van der Waals surface area (Å²) in [7, 11) is 0. The first-order valence-electron chi connectivity index (χ1n) is 5.12. The molecule has 0 aliphatic heterocycles. The molecule has 2 rings (SSSR count). The minimum atomic E-state index is -0.304. The number of imidazole rings is 1. The van der Waals surface area contributed by atoms with Crippen LogP contribution in [0.1, 0.15) is 0 Å². The van der Waals surface area contributed by atoms with E-state index in [1.54, 1.807) is 0 Å². The van der Waals surface area contributed by atoms with Crippen LogP contribution >= 0.6 is 0 Å². The maximum absolute atomic E-state index is 11.9. The molecule has 92 valence electrons. The summed E-state index contributed by atoms with van der Waals surface area (Å²) >= 11 is 0. The summed E-state index contributed by atoms with van der Waals surface area (Å²) in [6, 6.07) is 0. The van der Waals surface area contributed by atoms with Crippen LogP contribution in [-0.4, -0.2) is 44.4 Å². The molecule has 0 fully saturated rings. The molecular weight excluding hydrogens is 226 g/mol. The molecule has 2 aromatic rings. The van der Waals surface area contributed by atoms with E-state index in [0.717, 1.165) is 0 Å². The lowest BCUT2D eigenvalue weighted by molar-refractivity contribution is 0.0868. The molecular formula is C9H13N5O3. The van der Waals surface area contributed by atoms with Crippen molar-refractivity contribution in [3.63, 3.8) is 0 Å². The van der Waals surface area contributed by atoms with Crippen molar-refractivity contribution in [1.82, 2.24) is 19.5 Å². The molecule has 0 unspecified atom stereocenters. The van der Waals surface area contributed by atoms with E-state index in [1.807, 2.05) is 0 Å². The quantitative estimate of drug-likeness (QED) is 0.558. The highest BCUT2D eigenvalue weighted by molar-refractivity contribution is 5.69. The topological polar surface area (TPSA) is 119 Å². The second-order valence-corrected chi connectivity index (χ2v) is 3.36. The van der Waals surface area contributed by atoms with E-state index >= 15 is 0 Å². The zero-order chi connectivity index (χ0) is 12.3. The van der Waals surface area contributed by atoms with Gasteiger partial charge >= 0.3 is 0 Å². The number of aromatic amines is 1. The fraction of sp³-hybridized carbons (Fsp3) is 0.444. The molecule has 0 amide bonds. The van der Waals surface area contributed by atoms with E-state index < -0.39 is 0 Å². The fourth-order valence-electron chi connectivity index (χ4n) is 1.47. The van der Waals surface area contributed by atoms with Gasteiger partial charge in [-0.15, -0.1) is 0 Å². The molecule has 0 atom stereocenters. The Hall–Kier alpha value is -1.93. The van der Waals surface area contributed by atoms with E-state index in [-0.39, 0.29) is 43.4 Å². The van der Waals surface area contributed by atoms with Gasteiger partial charge in [-0.2, -0.15) is 4.98 Å². The largest absolute Gasteiger partial charge is 0.394 e. The second-order valence-electron chi connectivity index (χ2n) is 3.36. The van der Waals surface area contributed by atoms with Crippen molar-refractivity contribution < 1.29 is 9.84 Å². The maximum Gasteiger partial charge on any atom is 0.283 e. The first-order chi connectivity index (χ1) is 8.24. The molecule has 8 nitrogen and oxygen atoms in total. The van der Waals surface area contributed by atoms with Crippen LogP contribution in [0.25, 0.3) is 11.2 Å². The van der Waals surface area contributed by atoms with E-state index in [1.165, 1.54) is 10.9 Å². The van der Waals surface area contributed by atoms with Crippen LogP contribution in [0, 0.1) is 0 Å². The summed E-state index contributed by atoms with van der Waals surface area (Å²) in [6.07, 6.45) is 1.39. The number of hydrogen-bond donors (Lipinski definition) is 3. The van der Waals surface area contributed by atoms with E-state index in [2.05, 4.69) is 15.0 Å². The summed E-state index contributed by atoms with van der Waals surface area (Å²) in [4.78, 5) is 22.5. The van der Waals surface area contributed by atoms with Crippen LogP contribution in [0.15, 0.2) is 11.1 Å². The van der Waals surface area contributed by atoms with Gasteiger partial charge in [0, 0.05) is 0 Å². The molecule has 0 spiro atoms. The summed E-state index contributed by atoms with van der Waals surface area (Å²) < 4.78 is 6.36. The Bertz CT molecular complexity index is 561. The summed E-state index contributed by atoms with van der Waals surface area (Å²) in [5.41, 5.74) is 5.98. The molecule has 4 N–H and O–H groups in total. The Morgan fingerprint density at radius 3 is 3.12 bits per heavy atom. The average molecular weight is 239 g/mol. The van der Waals surface area contributed by atoms with Crippen molar-refractivity contribution in [2.75, 3.05) is 25.6 Å². The average Bonchev–Trinajstić information content (AvgIpc) is 2.76. The van der Waals surface area contributed by atoms with Crippen LogP contribution in [0.4, 0.5) is 5.95 Å². The van der Waals surface area contributed by atoms with Gasteiger partial charge in [0.05, 0.1) is 32.7 Å². The number of anilines is 1. The zero-order valence-corrected chi connectivity index (χ0v) is 9.09. The highest BCUT2D eigenvalue weighted by atomic mass is 16.5. The SMILES string of the molecule is Nc1nc2[nH]cnc2c(=O)n1CCOCCO. The number of aliphatic hydroxyl groups is 1. The summed E-state index contributed by atoms with van der Waals surface area (Å²) in [5, 5.41) is 8.54. The highest BCUT2D eigenvalue weighted by Crippen LogP contribution is 2.03. The third-order valence-corrected chi connectivity index (χ3v) is 2.26. The number of nitrogen functional groups attached to an aromatic ring is 1. The smallest absolute Gasteiger partial charge is 0.283 e. The van der Waals surface area contributed by atoms with Crippen molar-refractivity contribution in [1.29, 1.82) is 0 Å². The Balaban J connectivity index is 2.24. The van der Waals surface area contributed by atoms with Crippen LogP contribution in [0.2, 0.25) is 0 Å². The lowest BCUT2D eigenvalue weighted by Gasteiger charge is -2.08. The molecule has 0 bridgehead atoms.